The molecular formula is C19H27BN4O5. The minimum atomic E-state index is -1.29. The Morgan fingerprint density at radius 1 is 1.21 bits per heavy atom. The summed E-state index contributed by atoms with van der Waals surface area (Å²) in [5.41, 5.74) is 11.4. The van der Waals surface area contributed by atoms with Gasteiger partial charge in [-0.1, -0.05) is 12.1 Å². The number of rotatable bonds is 6. The molecule has 1 amide bonds. The zero-order valence-corrected chi connectivity index (χ0v) is 16.2. The minimum absolute atomic E-state index is 0.00353. The van der Waals surface area contributed by atoms with Crippen molar-refractivity contribution in [1.29, 1.82) is 0 Å². The SMILES string of the molecule is NC(N)=NCC1CCC(CC(=O)NC2Cc3cccc(C(=O)O)c3OB2O)CC1. The van der Waals surface area contributed by atoms with E-state index >= 15 is 0 Å². The molecule has 0 spiro atoms. The first-order valence-electron chi connectivity index (χ1n) is 9.88. The lowest BCUT2D eigenvalue weighted by molar-refractivity contribution is -0.122. The van der Waals surface area contributed by atoms with E-state index in [1.165, 1.54) is 6.07 Å². The summed E-state index contributed by atoms with van der Waals surface area (Å²) in [7, 11) is -1.29. The number of carbonyl (C=O) groups is 2. The highest BCUT2D eigenvalue weighted by Gasteiger charge is 2.38. The Hall–Kier alpha value is -2.75. The molecule has 1 aromatic rings. The van der Waals surface area contributed by atoms with E-state index in [0.29, 0.717) is 30.9 Å². The van der Waals surface area contributed by atoms with Crippen LogP contribution in [-0.4, -0.2) is 47.6 Å². The van der Waals surface area contributed by atoms with Crippen molar-refractivity contribution in [2.75, 3.05) is 6.54 Å². The molecule has 3 rings (SSSR count). The highest BCUT2D eigenvalue weighted by atomic mass is 16.5. The van der Waals surface area contributed by atoms with Crippen LogP contribution in [0.4, 0.5) is 0 Å². The van der Waals surface area contributed by atoms with Gasteiger partial charge in [-0.15, -0.1) is 0 Å². The Labute approximate surface area is 169 Å². The molecule has 1 saturated carbocycles. The van der Waals surface area contributed by atoms with Gasteiger partial charge in [-0.3, -0.25) is 9.79 Å². The van der Waals surface area contributed by atoms with Crippen molar-refractivity contribution in [1.82, 2.24) is 5.32 Å². The number of guanidine groups is 1. The number of para-hydroxylation sites is 1. The van der Waals surface area contributed by atoms with E-state index < -0.39 is 19.0 Å². The molecule has 9 nitrogen and oxygen atoms in total. The lowest BCUT2D eigenvalue weighted by Crippen LogP contribution is -2.53. The Balaban J connectivity index is 1.51. The zero-order valence-electron chi connectivity index (χ0n) is 16.2. The molecule has 7 N–H and O–H groups in total. The number of aliphatic imine (C=N–C) groups is 1. The summed E-state index contributed by atoms with van der Waals surface area (Å²) in [6.45, 7) is 0.630. The van der Waals surface area contributed by atoms with Crippen molar-refractivity contribution in [2.45, 2.75) is 44.5 Å². The highest BCUT2D eigenvalue weighted by molar-refractivity contribution is 6.47. The van der Waals surface area contributed by atoms with Crippen LogP contribution < -0.4 is 21.4 Å². The van der Waals surface area contributed by atoms with E-state index in [-0.39, 0.29) is 29.1 Å². The fraction of sp³-hybridized carbons (Fsp3) is 0.526. The number of carbonyl (C=O) groups excluding carboxylic acids is 1. The number of fused-ring (bicyclic) bond motifs is 1. The van der Waals surface area contributed by atoms with Crippen LogP contribution >= 0.6 is 0 Å². The number of nitrogens with zero attached hydrogens (tertiary/aromatic N) is 1. The summed E-state index contributed by atoms with van der Waals surface area (Å²) in [6.07, 6.45) is 4.54. The first-order valence-corrected chi connectivity index (χ1v) is 9.88. The number of amides is 1. The first-order chi connectivity index (χ1) is 13.8. The maximum Gasteiger partial charge on any atom is 0.547 e. The molecule has 1 atom stereocenters. The average Bonchev–Trinajstić information content (AvgIpc) is 2.67. The fourth-order valence-electron chi connectivity index (χ4n) is 4.10. The molecule has 1 aliphatic heterocycles. The third-order valence-electron chi connectivity index (χ3n) is 5.67. The zero-order chi connectivity index (χ0) is 21.0. The van der Waals surface area contributed by atoms with Gasteiger partial charge in [-0.25, -0.2) is 4.79 Å². The second kappa shape index (κ2) is 9.17. The van der Waals surface area contributed by atoms with Crippen LogP contribution in [-0.2, 0) is 11.2 Å². The van der Waals surface area contributed by atoms with Gasteiger partial charge in [-0.2, -0.15) is 0 Å². The monoisotopic (exact) mass is 402 g/mol. The third-order valence-corrected chi connectivity index (χ3v) is 5.67. The number of hydrogen-bond acceptors (Lipinski definition) is 5. The molecule has 156 valence electrons. The maximum absolute atomic E-state index is 12.5. The molecular weight excluding hydrogens is 375 g/mol. The number of carboxylic acid groups (broad SMARTS) is 1. The molecule has 10 heteroatoms. The predicted octanol–water partition coefficient (Wildman–Crippen LogP) is 0.294. The molecule has 1 aliphatic carbocycles. The van der Waals surface area contributed by atoms with Crippen LogP contribution in [0.1, 0.15) is 48.0 Å². The smallest absolute Gasteiger partial charge is 0.534 e. The van der Waals surface area contributed by atoms with E-state index in [1.54, 1.807) is 12.1 Å². The Morgan fingerprint density at radius 3 is 2.55 bits per heavy atom. The summed E-state index contributed by atoms with van der Waals surface area (Å²) < 4.78 is 5.42. The highest BCUT2D eigenvalue weighted by Crippen LogP contribution is 2.32. The molecule has 0 radical (unpaired) electrons. The fourth-order valence-corrected chi connectivity index (χ4v) is 4.10. The number of aromatic carboxylic acids is 1. The van der Waals surface area contributed by atoms with Crippen molar-refractivity contribution >= 4 is 25.0 Å². The Morgan fingerprint density at radius 2 is 1.90 bits per heavy atom. The van der Waals surface area contributed by atoms with Gasteiger partial charge >= 0.3 is 13.1 Å². The number of hydrogen-bond donors (Lipinski definition) is 5. The number of nitrogens with one attached hydrogen (secondary N) is 1. The van der Waals surface area contributed by atoms with Crippen molar-refractivity contribution in [2.24, 2.45) is 28.3 Å². The summed E-state index contributed by atoms with van der Waals surface area (Å²) >= 11 is 0. The van der Waals surface area contributed by atoms with Crippen LogP contribution in [0, 0.1) is 11.8 Å². The standard InChI is InChI=1S/C19H27BN4O5/c21-19(22)23-10-12-6-4-11(5-7-12)8-16(25)24-15-9-13-2-1-3-14(18(26)27)17(13)29-20(15)28/h1-3,11-12,15,28H,4-10H2,(H,24,25)(H,26,27)(H4,21,22,23). The second-order valence-electron chi connectivity index (χ2n) is 7.84. The number of nitrogens with two attached hydrogens (primary N) is 2. The molecule has 1 fully saturated rings. The quantitative estimate of drug-likeness (QED) is 0.260. The van der Waals surface area contributed by atoms with Gasteiger partial charge in [0.15, 0.2) is 5.96 Å². The first kappa shape index (κ1) is 21.0. The average molecular weight is 402 g/mol. The maximum atomic E-state index is 12.5. The van der Waals surface area contributed by atoms with Gasteiger partial charge in [0.2, 0.25) is 5.91 Å². The number of carboxylic acids is 1. The van der Waals surface area contributed by atoms with E-state index in [4.69, 9.17) is 16.1 Å². The van der Waals surface area contributed by atoms with Gasteiger partial charge in [0, 0.05) is 13.0 Å². The lowest BCUT2D eigenvalue weighted by Gasteiger charge is -2.30. The van der Waals surface area contributed by atoms with Crippen molar-refractivity contribution in [3.8, 4) is 5.75 Å². The van der Waals surface area contributed by atoms with Gasteiger partial charge in [0.1, 0.15) is 5.75 Å². The van der Waals surface area contributed by atoms with Crippen LogP contribution in [0.2, 0.25) is 0 Å². The van der Waals surface area contributed by atoms with Crippen LogP contribution in [0.5, 0.6) is 5.75 Å². The molecule has 1 unspecified atom stereocenters. The molecule has 2 aliphatic rings. The van der Waals surface area contributed by atoms with Crippen molar-refractivity contribution in [3.63, 3.8) is 0 Å². The van der Waals surface area contributed by atoms with Gasteiger partial charge < -0.3 is 31.6 Å². The summed E-state index contributed by atoms with van der Waals surface area (Å²) in [5, 5.41) is 22.3. The van der Waals surface area contributed by atoms with Crippen LogP contribution in [0.15, 0.2) is 23.2 Å². The topological polar surface area (TPSA) is 160 Å². The predicted molar refractivity (Wildman–Crippen MR) is 108 cm³/mol. The summed E-state index contributed by atoms with van der Waals surface area (Å²) in [4.78, 5) is 27.9. The molecule has 0 aromatic heterocycles. The third kappa shape index (κ3) is 5.41. The summed E-state index contributed by atoms with van der Waals surface area (Å²) in [5.74, 6) is -0.857. The minimum Gasteiger partial charge on any atom is -0.534 e. The van der Waals surface area contributed by atoms with Gasteiger partial charge in [0.25, 0.3) is 0 Å². The number of benzene rings is 1. The molecule has 1 heterocycles. The van der Waals surface area contributed by atoms with Crippen LogP contribution in [0.3, 0.4) is 0 Å². The Bertz CT molecular complexity index is 791. The van der Waals surface area contributed by atoms with E-state index in [0.717, 1.165) is 25.7 Å². The van der Waals surface area contributed by atoms with Gasteiger partial charge in [0.05, 0.1) is 11.5 Å². The second-order valence-corrected chi connectivity index (χ2v) is 7.84. The summed E-state index contributed by atoms with van der Waals surface area (Å²) in [6, 6.07) is 4.80. The van der Waals surface area contributed by atoms with E-state index in [2.05, 4.69) is 10.3 Å². The van der Waals surface area contributed by atoms with E-state index in [1.807, 2.05) is 0 Å². The van der Waals surface area contributed by atoms with Crippen molar-refractivity contribution in [3.05, 3.63) is 29.3 Å². The molecule has 1 aromatic carbocycles. The largest absolute Gasteiger partial charge is 0.547 e. The molecule has 29 heavy (non-hydrogen) atoms. The molecule has 0 saturated heterocycles. The van der Waals surface area contributed by atoms with E-state index in [9.17, 15) is 19.7 Å². The lowest BCUT2D eigenvalue weighted by atomic mass is 9.72. The Kier molecular flexibility index (Phi) is 6.63. The van der Waals surface area contributed by atoms with Gasteiger partial charge in [-0.05, 0) is 55.6 Å². The van der Waals surface area contributed by atoms with Crippen molar-refractivity contribution < 1.29 is 24.4 Å². The normalized spacial score (nSPS) is 23.5. The van der Waals surface area contributed by atoms with Crippen LogP contribution in [0.25, 0.3) is 0 Å². The molecule has 0 bridgehead atoms.